The molecule has 2 rings (SSSR count). The molecule has 0 spiro atoms. The van der Waals surface area contributed by atoms with Crippen molar-refractivity contribution in [3.8, 4) is 0 Å². The lowest BCUT2D eigenvalue weighted by Crippen LogP contribution is -2.48. The van der Waals surface area contributed by atoms with Gasteiger partial charge < -0.3 is 5.32 Å². The van der Waals surface area contributed by atoms with Crippen molar-refractivity contribution in [2.24, 2.45) is 5.92 Å². The zero-order chi connectivity index (χ0) is 13.0. The van der Waals surface area contributed by atoms with Crippen molar-refractivity contribution in [1.29, 1.82) is 0 Å². The molecule has 1 heteroatoms. The normalized spacial score (nSPS) is 26.9. The standard InChI is InChI=1S/C17H27N/c1-4-9-18-13-17(11-15(5-2)12-17)16-8-6-7-14(3)10-16/h6-8,10,15,18H,4-5,9,11-13H2,1-3H3. The first kappa shape index (κ1) is 13.6. The number of rotatable bonds is 6. The summed E-state index contributed by atoms with van der Waals surface area (Å²) < 4.78 is 0. The number of benzene rings is 1. The molecule has 18 heavy (non-hydrogen) atoms. The third-order valence-corrected chi connectivity index (χ3v) is 4.46. The van der Waals surface area contributed by atoms with Crippen LogP contribution >= 0.6 is 0 Å². The lowest BCUT2D eigenvalue weighted by Gasteiger charge is -2.48. The molecule has 1 aliphatic rings. The van der Waals surface area contributed by atoms with Gasteiger partial charge in [-0.15, -0.1) is 0 Å². The fraction of sp³-hybridized carbons (Fsp3) is 0.647. The molecular formula is C17H27N. The van der Waals surface area contributed by atoms with Crippen molar-refractivity contribution < 1.29 is 0 Å². The summed E-state index contributed by atoms with van der Waals surface area (Å²) in [6.45, 7) is 9.06. The van der Waals surface area contributed by atoms with E-state index in [4.69, 9.17) is 0 Å². The molecule has 0 radical (unpaired) electrons. The Bertz CT molecular complexity index is 377. The van der Waals surface area contributed by atoms with Gasteiger partial charge in [0.2, 0.25) is 0 Å². The van der Waals surface area contributed by atoms with E-state index in [1.165, 1.54) is 31.2 Å². The van der Waals surface area contributed by atoms with E-state index in [9.17, 15) is 0 Å². The largest absolute Gasteiger partial charge is 0.316 e. The molecule has 100 valence electrons. The molecule has 1 N–H and O–H groups in total. The zero-order valence-electron chi connectivity index (χ0n) is 12.1. The second kappa shape index (κ2) is 5.88. The first-order valence-electron chi connectivity index (χ1n) is 7.48. The van der Waals surface area contributed by atoms with Crippen LogP contribution in [0.4, 0.5) is 0 Å². The molecular weight excluding hydrogens is 218 g/mol. The van der Waals surface area contributed by atoms with Crippen molar-refractivity contribution in [2.75, 3.05) is 13.1 Å². The summed E-state index contributed by atoms with van der Waals surface area (Å²) in [7, 11) is 0. The van der Waals surface area contributed by atoms with Gasteiger partial charge in [-0.25, -0.2) is 0 Å². The van der Waals surface area contributed by atoms with Crippen LogP contribution in [0.3, 0.4) is 0 Å². The van der Waals surface area contributed by atoms with Crippen LogP contribution in [0.15, 0.2) is 24.3 Å². The maximum absolute atomic E-state index is 3.64. The van der Waals surface area contributed by atoms with Crippen LogP contribution in [0.1, 0.15) is 50.7 Å². The molecule has 0 amide bonds. The van der Waals surface area contributed by atoms with E-state index in [0.29, 0.717) is 5.41 Å². The van der Waals surface area contributed by atoms with E-state index in [2.05, 4.69) is 50.4 Å². The van der Waals surface area contributed by atoms with Crippen LogP contribution in [-0.2, 0) is 5.41 Å². The Balaban J connectivity index is 2.10. The van der Waals surface area contributed by atoms with Crippen molar-refractivity contribution >= 4 is 0 Å². The first-order valence-corrected chi connectivity index (χ1v) is 7.48. The van der Waals surface area contributed by atoms with Crippen molar-refractivity contribution in [3.63, 3.8) is 0 Å². The van der Waals surface area contributed by atoms with E-state index >= 15 is 0 Å². The SMILES string of the molecule is CCCNCC1(c2cccc(C)c2)CC(CC)C1. The summed E-state index contributed by atoms with van der Waals surface area (Å²) in [5.41, 5.74) is 3.36. The van der Waals surface area contributed by atoms with Crippen LogP contribution in [0, 0.1) is 12.8 Å². The Labute approximate surface area is 112 Å². The van der Waals surface area contributed by atoms with Gasteiger partial charge in [0.25, 0.3) is 0 Å². The highest BCUT2D eigenvalue weighted by atomic mass is 14.9. The Kier molecular flexibility index (Phi) is 4.45. The van der Waals surface area contributed by atoms with Gasteiger partial charge in [-0.2, -0.15) is 0 Å². The fourth-order valence-electron chi connectivity index (χ4n) is 3.30. The lowest BCUT2D eigenvalue weighted by atomic mass is 9.57. The minimum Gasteiger partial charge on any atom is -0.316 e. The van der Waals surface area contributed by atoms with Gasteiger partial charge in [0.05, 0.1) is 0 Å². The van der Waals surface area contributed by atoms with Gasteiger partial charge in [-0.05, 0) is 44.2 Å². The summed E-state index contributed by atoms with van der Waals surface area (Å²) in [6, 6.07) is 9.13. The maximum atomic E-state index is 3.64. The highest BCUT2D eigenvalue weighted by Gasteiger charge is 2.44. The van der Waals surface area contributed by atoms with Gasteiger partial charge in [-0.1, -0.05) is 50.1 Å². The van der Waals surface area contributed by atoms with Gasteiger partial charge in [0, 0.05) is 12.0 Å². The predicted molar refractivity (Wildman–Crippen MR) is 79.0 cm³/mol. The Hall–Kier alpha value is -0.820. The molecule has 0 saturated heterocycles. The molecule has 0 heterocycles. The van der Waals surface area contributed by atoms with Gasteiger partial charge >= 0.3 is 0 Å². The molecule has 0 unspecified atom stereocenters. The number of nitrogens with one attached hydrogen (secondary N) is 1. The minimum atomic E-state index is 0.419. The van der Waals surface area contributed by atoms with Gasteiger partial charge in [0.15, 0.2) is 0 Å². The number of aryl methyl sites for hydroxylation is 1. The smallest absolute Gasteiger partial charge is 0.00831 e. The summed E-state index contributed by atoms with van der Waals surface area (Å²) >= 11 is 0. The molecule has 1 aromatic carbocycles. The zero-order valence-corrected chi connectivity index (χ0v) is 12.1. The first-order chi connectivity index (χ1) is 8.70. The summed E-state index contributed by atoms with van der Waals surface area (Å²) in [6.07, 6.45) is 5.29. The van der Waals surface area contributed by atoms with Crippen LogP contribution in [0.25, 0.3) is 0 Å². The highest BCUT2D eigenvalue weighted by Crippen LogP contribution is 2.48. The monoisotopic (exact) mass is 245 g/mol. The molecule has 0 aromatic heterocycles. The second-order valence-corrected chi connectivity index (χ2v) is 6.01. The van der Waals surface area contributed by atoms with Crippen molar-refractivity contribution in [3.05, 3.63) is 35.4 Å². The average molecular weight is 245 g/mol. The number of hydrogen-bond acceptors (Lipinski definition) is 1. The predicted octanol–water partition coefficient (Wildman–Crippen LogP) is 4.05. The van der Waals surface area contributed by atoms with Crippen LogP contribution in [-0.4, -0.2) is 13.1 Å². The molecule has 1 aromatic rings. The van der Waals surface area contributed by atoms with E-state index in [1.54, 1.807) is 5.56 Å². The Morgan fingerprint density at radius 3 is 2.67 bits per heavy atom. The Morgan fingerprint density at radius 1 is 1.28 bits per heavy atom. The molecule has 1 aliphatic carbocycles. The van der Waals surface area contributed by atoms with E-state index in [0.717, 1.165) is 19.0 Å². The lowest BCUT2D eigenvalue weighted by molar-refractivity contribution is 0.134. The summed E-state index contributed by atoms with van der Waals surface area (Å²) in [4.78, 5) is 0. The highest BCUT2D eigenvalue weighted by molar-refractivity contribution is 5.33. The second-order valence-electron chi connectivity index (χ2n) is 6.01. The van der Waals surface area contributed by atoms with Crippen molar-refractivity contribution in [1.82, 2.24) is 5.32 Å². The molecule has 1 fully saturated rings. The van der Waals surface area contributed by atoms with Crippen molar-refractivity contribution in [2.45, 2.75) is 51.9 Å². The van der Waals surface area contributed by atoms with Crippen LogP contribution in [0.2, 0.25) is 0 Å². The molecule has 1 nitrogen and oxygen atoms in total. The van der Waals surface area contributed by atoms with Crippen LogP contribution < -0.4 is 5.32 Å². The quantitative estimate of drug-likeness (QED) is 0.745. The topological polar surface area (TPSA) is 12.0 Å². The third-order valence-electron chi connectivity index (χ3n) is 4.46. The maximum Gasteiger partial charge on any atom is 0.00831 e. The van der Waals surface area contributed by atoms with E-state index in [1.807, 2.05) is 0 Å². The fourth-order valence-corrected chi connectivity index (χ4v) is 3.30. The molecule has 1 saturated carbocycles. The Morgan fingerprint density at radius 2 is 2.06 bits per heavy atom. The van der Waals surface area contributed by atoms with Gasteiger partial charge in [0.1, 0.15) is 0 Å². The average Bonchev–Trinajstić information content (AvgIpc) is 2.32. The number of hydrogen-bond donors (Lipinski definition) is 1. The molecule has 0 bridgehead atoms. The van der Waals surface area contributed by atoms with E-state index < -0.39 is 0 Å². The summed E-state index contributed by atoms with van der Waals surface area (Å²) in [5.74, 6) is 0.939. The minimum absolute atomic E-state index is 0.419. The van der Waals surface area contributed by atoms with E-state index in [-0.39, 0.29) is 0 Å². The molecule has 0 atom stereocenters. The third kappa shape index (κ3) is 2.77. The molecule has 0 aliphatic heterocycles. The van der Waals surface area contributed by atoms with Gasteiger partial charge in [-0.3, -0.25) is 0 Å². The summed E-state index contributed by atoms with van der Waals surface area (Å²) in [5, 5.41) is 3.64. The van der Waals surface area contributed by atoms with Crippen LogP contribution in [0.5, 0.6) is 0 Å².